The summed E-state index contributed by atoms with van der Waals surface area (Å²) in [6.45, 7) is 4.60. The van der Waals surface area contributed by atoms with Crippen molar-refractivity contribution in [3.63, 3.8) is 0 Å². The zero-order valence-electron chi connectivity index (χ0n) is 14.8. The van der Waals surface area contributed by atoms with Gasteiger partial charge in [-0.1, -0.05) is 56.3 Å². The highest BCUT2D eigenvalue weighted by Gasteiger charge is 2.37. The van der Waals surface area contributed by atoms with Crippen molar-refractivity contribution < 1.29 is 12.8 Å². The Balaban J connectivity index is 2.04. The molecule has 0 aliphatic carbocycles. The van der Waals surface area contributed by atoms with Crippen molar-refractivity contribution in [2.45, 2.75) is 19.8 Å². The number of hydrogen-bond acceptors (Lipinski definition) is 3. The largest absolute Gasteiger partial charge is 0.318 e. The molecule has 0 spiro atoms. The second kappa shape index (κ2) is 7.55. The lowest BCUT2D eigenvalue weighted by Gasteiger charge is -2.24. The van der Waals surface area contributed by atoms with Gasteiger partial charge in [-0.3, -0.25) is 0 Å². The number of hydrogen-bond donors (Lipinski definition) is 0. The Morgan fingerprint density at radius 1 is 1.08 bits per heavy atom. The number of halogens is 1. The SMILES string of the molecule is CCN(CC)S(=O)(=O)N1CC(c2ccccc2)C(c2ccc(F)cc2)=N1. The molecule has 7 heteroatoms. The third kappa shape index (κ3) is 3.50. The van der Waals surface area contributed by atoms with Gasteiger partial charge in [0.2, 0.25) is 0 Å². The third-order valence-corrected chi connectivity index (χ3v) is 6.46. The van der Waals surface area contributed by atoms with Gasteiger partial charge in [0, 0.05) is 19.0 Å². The summed E-state index contributed by atoms with van der Waals surface area (Å²) < 4.78 is 41.6. The second-order valence-corrected chi connectivity index (χ2v) is 7.89. The molecule has 5 nitrogen and oxygen atoms in total. The highest BCUT2D eigenvalue weighted by molar-refractivity contribution is 7.86. The topological polar surface area (TPSA) is 53.0 Å². The first-order valence-corrected chi connectivity index (χ1v) is 10.0. The van der Waals surface area contributed by atoms with Gasteiger partial charge in [0.1, 0.15) is 5.82 Å². The molecule has 1 aliphatic rings. The Morgan fingerprint density at radius 2 is 1.69 bits per heavy atom. The lowest BCUT2D eigenvalue weighted by Crippen LogP contribution is -2.40. The molecule has 3 rings (SSSR count). The first kappa shape index (κ1) is 18.5. The van der Waals surface area contributed by atoms with Crippen LogP contribution in [0.4, 0.5) is 4.39 Å². The average molecular weight is 375 g/mol. The fraction of sp³-hybridized carbons (Fsp3) is 0.316. The second-order valence-electron chi connectivity index (χ2n) is 6.05. The standard InChI is InChI=1S/C19H22FN3O2S/c1-3-22(4-2)26(24,25)23-14-18(15-8-6-5-7-9-15)19(21-23)16-10-12-17(20)13-11-16/h5-13,18H,3-4,14H2,1-2H3. The van der Waals surface area contributed by atoms with Gasteiger partial charge < -0.3 is 0 Å². The number of hydrazone groups is 1. The summed E-state index contributed by atoms with van der Waals surface area (Å²) in [6.07, 6.45) is 0. The quantitative estimate of drug-likeness (QED) is 0.778. The first-order valence-electron chi connectivity index (χ1n) is 8.64. The van der Waals surface area contributed by atoms with Gasteiger partial charge in [-0.25, -0.2) is 4.39 Å². The van der Waals surface area contributed by atoms with Gasteiger partial charge in [0.25, 0.3) is 0 Å². The molecule has 1 unspecified atom stereocenters. The van der Waals surface area contributed by atoms with Gasteiger partial charge in [-0.2, -0.15) is 22.2 Å². The first-order chi connectivity index (χ1) is 12.5. The molecule has 138 valence electrons. The van der Waals surface area contributed by atoms with E-state index in [0.29, 0.717) is 18.8 Å². The molecule has 1 aliphatic heterocycles. The van der Waals surface area contributed by atoms with Crippen molar-refractivity contribution in [1.29, 1.82) is 0 Å². The van der Waals surface area contributed by atoms with Crippen molar-refractivity contribution >= 4 is 15.9 Å². The minimum absolute atomic E-state index is 0.202. The van der Waals surface area contributed by atoms with Crippen LogP contribution in [0.2, 0.25) is 0 Å². The molecule has 2 aromatic rings. The molecule has 0 N–H and O–H groups in total. The zero-order chi connectivity index (χ0) is 18.7. The maximum atomic E-state index is 13.3. The zero-order valence-corrected chi connectivity index (χ0v) is 15.7. The van der Waals surface area contributed by atoms with Crippen molar-refractivity contribution in [2.75, 3.05) is 19.6 Å². The molecule has 0 aromatic heterocycles. The van der Waals surface area contributed by atoms with Crippen LogP contribution in [0.1, 0.15) is 30.9 Å². The van der Waals surface area contributed by atoms with Crippen LogP contribution < -0.4 is 0 Å². The van der Waals surface area contributed by atoms with Crippen molar-refractivity contribution in [1.82, 2.24) is 8.72 Å². The minimum atomic E-state index is -3.69. The summed E-state index contributed by atoms with van der Waals surface area (Å²) in [5.41, 5.74) is 2.33. The summed E-state index contributed by atoms with van der Waals surface area (Å²) in [6, 6.07) is 15.7. The maximum Gasteiger partial charge on any atom is 0.318 e. The molecule has 1 atom stereocenters. The van der Waals surface area contributed by atoms with E-state index in [0.717, 1.165) is 15.5 Å². The Kier molecular flexibility index (Phi) is 5.38. The third-order valence-electron chi connectivity index (χ3n) is 4.53. The molecular weight excluding hydrogens is 353 g/mol. The molecule has 0 fully saturated rings. The van der Waals surface area contributed by atoms with Gasteiger partial charge >= 0.3 is 10.2 Å². The van der Waals surface area contributed by atoms with Gasteiger partial charge in [-0.15, -0.1) is 0 Å². The van der Waals surface area contributed by atoms with Crippen LogP contribution in [0.15, 0.2) is 59.7 Å². The summed E-state index contributed by atoms with van der Waals surface area (Å²) in [7, 11) is -3.69. The number of rotatable bonds is 6. The van der Waals surface area contributed by atoms with E-state index in [1.165, 1.54) is 16.4 Å². The normalized spacial score (nSPS) is 17.6. The Hall–Kier alpha value is -2.25. The predicted octanol–water partition coefficient (Wildman–Crippen LogP) is 3.22. The minimum Gasteiger partial charge on any atom is -0.207 e. The van der Waals surface area contributed by atoms with Gasteiger partial charge in [-0.05, 0) is 23.3 Å². The van der Waals surface area contributed by atoms with E-state index < -0.39 is 10.2 Å². The highest BCUT2D eigenvalue weighted by Crippen LogP contribution is 2.31. The fourth-order valence-corrected chi connectivity index (χ4v) is 4.58. The maximum absolute atomic E-state index is 13.3. The van der Waals surface area contributed by atoms with Crippen molar-refractivity contribution in [3.8, 4) is 0 Å². The summed E-state index contributed by atoms with van der Waals surface area (Å²) in [4.78, 5) is 0. The van der Waals surface area contributed by atoms with E-state index in [4.69, 9.17) is 0 Å². The molecule has 0 amide bonds. The molecular formula is C19H22FN3O2S. The van der Waals surface area contributed by atoms with Crippen LogP contribution in [-0.2, 0) is 10.2 Å². The molecule has 0 saturated carbocycles. The van der Waals surface area contributed by atoms with Crippen LogP contribution in [0.25, 0.3) is 0 Å². The molecule has 0 bridgehead atoms. The van der Waals surface area contributed by atoms with E-state index >= 15 is 0 Å². The Morgan fingerprint density at radius 3 is 2.27 bits per heavy atom. The average Bonchev–Trinajstić information content (AvgIpc) is 3.10. The fourth-order valence-electron chi connectivity index (χ4n) is 3.13. The Bertz CT molecular complexity index is 879. The number of nitrogens with zero attached hydrogens (tertiary/aromatic N) is 3. The van der Waals surface area contributed by atoms with E-state index in [1.54, 1.807) is 26.0 Å². The molecule has 26 heavy (non-hydrogen) atoms. The van der Waals surface area contributed by atoms with Gasteiger partial charge in [0.05, 0.1) is 12.3 Å². The molecule has 0 radical (unpaired) electrons. The van der Waals surface area contributed by atoms with Crippen LogP contribution >= 0.6 is 0 Å². The van der Waals surface area contributed by atoms with Crippen LogP contribution in [-0.4, -0.2) is 42.5 Å². The van der Waals surface area contributed by atoms with E-state index in [1.807, 2.05) is 30.3 Å². The van der Waals surface area contributed by atoms with Crippen molar-refractivity contribution in [3.05, 3.63) is 71.5 Å². The summed E-state index contributed by atoms with van der Waals surface area (Å²) in [5, 5.41) is 4.43. The van der Waals surface area contributed by atoms with E-state index in [-0.39, 0.29) is 18.3 Å². The monoisotopic (exact) mass is 375 g/mol. The summed E-state index contributed by atoms with van der Waals surface area (Å²) >= 11 is 0. The molecule has 0 saturated heterocycles. The van der Waals surface area contributed by atoms with Gasteiger partial charge in [0.15, 0.2) is 0 Å². The van der Waals surface area contributed by atoms with Crippen LogP contribution in [0, 0.1) is 5.82 Å². The van der Waals surface area contributed by atoms with E-state index in [9.17, 15) is 12.8 Å². The highest BCUT2D eigenvalue weighted by atomic mass is 32.2. The van der Waals surface area contributed by atoms with Crippen LogP contribution in [0.5, 0.6) is 0 Å². The number of benzene rings is 2. The Labute approximate surface area is 153 Å². The lowest BCUT2D eigenvalue weighted by atomic mass is 9.91. The van der Waals surface area contributed by atoms with Crippen LogP contribution in [0.3, 0.4) is 0 Å². The van der Waals surface area contributed by atoms with E-state index in [2.05, 4.69) is 5.10 Å². The molecule has 2 aromatic carbocycles. The molecule has 1 heterocycles. The summed E-state index contributed by atoms with van der Waals surface area (Å²) in [5.74, 6) is -0.539. The smallest absolute Gasteiger partial charge is 0.207 e. The van der Waals surface area contributed by atoms with Crippen molar-refractivity contribution in [2.24, 2.45) is 5.10 Å². The predicted molar refractivity (Wildman–Crippen MR) is 101 cm³/mol. The lowest BCUT2D eigenvalue weighted by molar-refractivity contribution is 0.367.